The van der Waals surface area contributed by atoms with Gasteiger partial charge in [0.25, 0.3) is 0 Å². The highest BCUT2D eigenvalue weighted by Gasteiger charge is 2.16. The van der Waals surface area contributed by atoms with Crippen LogP contribution in [0.4, 0.5) is 18.9 Å². The molecule has 1 rings (SSSR count). The first kappa shape index (κ1) is 11.8. The minimum atomic E-state index is -1.52. The molecule has 5 heteroatoms. The summed E-state index contributed by atoms with van der Waals surface area (Å²) in [6.07, 6.45) is -0.725. The van der Waals surface area contributed by atoms with E-state index in [0.29, 0.717) is 0 Å². The van der Waals surface area contributed by atoms with Crippen molar-refractivity contribution in [2.45, 2.75) is 26.0 Å². The summed E-state index contributed by atoms with van der Waals surface area (Å²) in [6.45, 7) is 3.11. The van der Waals surface area contributed by atoms with Crippen molar-refractivity contribution < 1.29 is 18.3 Å². The van der Waals surface area contributed by atoms with E-state index in [9.17, 15) is 13.2 Å². The summed E-state index contributed by atoms with van der Waals surface area (Å²) in [5.74, 6) is -4.02. The second-order valence-electron chi connectivity index (χ2n) is 3.40. The normalized spacial score (nSPS) is 14.8. The molecule has 2 N–H and O–H groups in total. The number of halogens is 3. The fraction of sp³-hybridized carbons (Fsp3) is 0.400. The van der Waals surface area contributed by atoms with Gasteiger partial charge in [-0.3, -0.25) is 0 Å². The van der Waals surface area contributed by atoms with Gasteiger partial charge in [0.1, 0.15) is 0 Å². The predicted octanol–water partition coefficient (Wildman–Crippen LogP) is 2.29. The molecule has 2 nitrogen and oxygen atoms in total. The molecule has 0 saturated heterocycles. The van der Waals surface area contributed by atoms with E-state index in [2.05, 4.69) is 5.32 Å². The number of hydrogen-bond donors (Lipinski definition) is 2. The molecule has 1 aromatic rings. The lowest BCUT2D eigenvalue weighted by molar-refractivity contribution is 0.177. The summed E-state index contributed by atoms with van der Waals surface area (Å²) in [5, 5.41) is 11.7. The Hall–Kier alpha value is -1.23. The maximum absolute atomic E-state index is 13.1. The van der Waals surface area contributed by atoms with Crippen LogP contribution in [0.1, 0.15) is 13.8 Å². The van der Waals surface area contributed by atoms with Gasteiger partial charge in [0.15, 0.2) is 17.5 Å². The lowest BCUT2D eigenvalue weighted by atomic mass is 10.2. The van der Waals surface area contributed by atoms with Crippen molar-refractivity contribution in [1.29, 1.82) is 0 Å². The number of aliphatic hydroxyl groups excluding tert-OH is 1. The van der Waals surface area contributed by atoms with Gasteiger partial charge in [-0.1, -0.05) is 0 Å². The van der Waals surface area contributed by atoms with E-state index < -0.39 is 29.6 Å². The van der Waals surface area contributed by atoms with Crippen LogP contribution in [0, 0.1) is 17.5 Å². The Morgan fingerprint density at radius 3 is 2.27 bits per heavy atom. The molecule has 0 bridgehead atoms. The summed E-state index contributed by atoms with van der Waals surface area (Å²) in [5.41, 5.74) is -0.165. The largest absolute Gasteiger partial charge is 0.391 e. The van der Waals surface area contributed by atoms with Crippen molar-refractivity contribution in [2.24, 2.45) is 0 Å². The summed E-state index contributed by atoms with van der Waals surface area (Å²) < 4.78 is 38.5. The first-order valence-corrected chi connectivity index (χ1v) is 4.51. The molecule has 0 saturated carbocycles. The van der Waals surface area contributed by atoms with Gasteiger partial charge in [-0.05, 0) is 26.0 Å². The van der Waals surface area contributed by atoms with E-state index in [-0.39, 0.29) is 5.69 Å². The Morgan fingerprint density at radius 2 is 1.73 bits per heavy atom. The van der Waals surface area contributed by atoms with Gasteiger partial charge < -0.3 is 10.4 Å². The Kier molecular flexibility index (Phi) is 3.57. The molecular formula is C10H12F3NO. The zero-order chi connectivity index (χ0) is 11.6. The van der Waals surface area contributed by atoms with Crippen LogP contribution in [0.15, 0.2) is 12.1 Å². The maximum atomic E-state index is 13.1. The predicted molar refractivity (Wildman–Crippen MR) is 51.1 cm³/mol. The number of nitrogens with one attached hydrogen (secondary N) is 1. The highest BCUT2D eigenvalue weighted by molar-refractivity contribution is 5.46. The summed E-state index contributed by atoms with van der Waals surface area (Å²) in [7, 11) is 0. The van der Waals surface area contributed by atoms with Crippen LogP contribution < -0.4 is 5.32 Å². The number of anilines is 1. The van der Waals surface area contributed by atoms with Gasteiger partial charge >= 0.3 is 0 Å². The second-order valence-corrected chi connectivity index (χ2v) is 3.40. The van der Waals surface area contributed by atoms with Gasteiger partial charge in [-0.25, -0.2) is 13.2 Å². The third-order valence-corrected chi connectivity index (χ3v) is 2.14. The lowest BCUT2D eigenvalue weighted by Gasteiger charge is -2.18. The zero-order valence-corrected chi connectivity index (χ0v) is 8.39. The molecule has 0 aliphatic heterocycles. The van der Waals surface area contributed by atoms with Crippen LogP contribution in [-0.2, 0) is 0 Å². The van der Waals surface area contributed by atoms with Crippen molar-refractivity contribution in [3.63, 3.8) is 0 Å². The first-order chi connectivity index (χ1) is 6.93. The van der Waals surface area contributed by atoms with Gasteiger partial charge in [0.2, 0.25) is 0 Å². The van der Waals surface area contributed by atoms with Crippen molar-refractivity contribution in [2.75, 3.05) is 5.32 Å². The quantitative estimate of drug-likeness (QED) is 0.764. The van der Waals surface area contributed by atoms with E-state index in [1.807, 2.05) is 0 Å². The van der Waals surface area contributed by atoms with Crippen LogP contribution in [-0.4, -0.2) is 17.3 Å². The molecule has 0 heterocycles. The average Bonchev–Trinajstić information content (AvgIpc) is 2.18. The van der Waals surface area contributed by atoms with E-state index in [0.717, 1.165) is 12.1 Å². The fourth-order valence-corrected chi connectivity index (χ4v) is 1.00. The van der Waals surface area contributed by atoms with E-state index >= 15 is 0 Å². The van der Waals surface area contributed by atoms with Crippen LogP contribution in [0.2, 0.25) is 0 Å². The first-order valence-electron chi connectivity index (χ1n) is 4.51. The minimum Gasteiger partial charge on any atom is -0.391 e. The summed E-state index contributed by atoms with van der Waals surface area (Å²) in [6, 6.07) is 1.46. The highest BCUT2D eigenvalue weighted by atomic mass is 19.2. The molecule has 0 spiro atoms. The molecule has 84 valence electrons. The molecule has 0 aliphatic carbocycles. The highest BCUT2D eigenvalue weighted by Crippen LogP contribution is 2.20. The van der Waals surface area contributed by atoms with Crippen molar-refractivity contribution in [3.8, 4) is 0 Å². The number of aliphatic hydroxyl groups is 1. The molecule has 0 radical (unpaired) electrons. The fourth-order valence-electron chi connectivity index (χ4n) is 1.00. The van der Waals surface area contributed by atoms with Crippen LogP contribution in [0.25, 0.3) is 0 Å². The SMILES string of the molecule is CC(O)C(C)Nc1ccc(F)c(F)c1F. The average molecular weight is 219 g/mol. The van der Waals surface area contributed by atoms with Gasteiger partial charge in [0, 0.05) is 6.04 Å². The number of hydrogen-bond acceptors (Lipinski definition) is 2. The number of benzene rings is 1. The zero-order valence-electron chi connectivity index (χ0n) is 8.39. The van der Waals surface area contributed by atoms with Crippen molar-refractivity contribution in [1.82, 2.24) is 0 Å². The molecule has 2 unspecified atom stereocenters. The number of rotatable bonds is 3. The van der Waals surface area contributed by atoms with Gasteiger partial charge in [-0.2, -0.15) is 0 Å². The second kappa shape index (κ2) is 4.53. The van der Waals surface area contributed by atoms with Crippen molar-refractivity contribution in [3.05, 3.63) is 29.6 Å². The molecule has 15 heavy (non-hydrogen) atoms. The molecule has 0 aliphatic rings. The van der Waals surface area contributed by atoms with E-state index in [1.54, 1.807) is 6.92 Å². The smallest absolute Gasteiger partial charge is 0.196 e. The monoisotopic (exact) mass is 219 g/mol. The Morgan fingerprint density at radius 1 is 1.13 bits per heavy atom. The minimum absolute atomic E-state index is 0.165. The van der Waals surface area contributed by atoms with Crippen molar-refractivity contribution >= 4 is 5.69 Å². The molecule has 2 atom stereocenters. The van der Waals surface area contributed by atoms with Crippen LogP contribution in [0.3, 0.4) is 0 Å². The molecule has 0 aromatic heterocycles. The molecule has 0 fully saturated rings. The summed E-state index contributed by atoms with van der Waals surface area (Å²) >= 11 is 0. The van der Waals surface area contributed by atoms with Gasteiger partial charge in [-0.15, -0.1) is 0 Å². The Bertz CT molecular complexity index is 355. The lowest BCUT2D eigenvalue weighted by Crippen LogP contribution is -2.28. The molecule has 1 aromatic carbocycles. The topological polar surface area (TPSA) is 32.3 Å². The van der Waals surface area contributed by atoms with Crippen LogP contribution >= 0.6 is 0 Å². The van der Waals surface area contributed by atoms with Crippen LogP contribution in [0.5, 0.6) is 0 Å². The van der Waals surface area contributed by atoms with Gasteiger partial charge in [0.05, 0.1) is 11.8 Å². The summed E-state index contributed by atoms with van der Waals surface area (Å²) in [4.78, 5) is 0. The van der Waals surface area contributed by atoms with E-state index in [1.165, 1.54) is 6.92 Å². The van der Waals surface area contributed by atoms with E-state index in [4.69, 9.17) is 5.11 Å². The molecular weight excluding hydrogens is 207 g/mol. The Labute approximate surface area is 85.7 Å². The third-order valence-electron chi connectivity index (χ3n) is 2.14. The Balaban J connectivity index is 2.92. The standard InChI is InChI=1S/C10H12F3NO/c1-5(6(2)15)14-8-4-3-7(11)9(12)10(8)13/h3-6,14-15H,1-2H3. The maximum Gasteiger partial charge on any atom is 0.196 e. The third kappa shape index (κ3) is 2.62. The molecule has 0 amide bonds.